The minimum Gasteiger partial charge on any atom is -0.495 e. The lowest BCUT2D eigenvalue weighted by Crippen LogP contribution is -2.62. The molecule has 8 nitrogen and oxygen atoms in total. The summed E-state index contributed by atoms with van der Waals surface area (Å²) < 4.78 is 11.0. The van der Waals surface area contributed by atoms with Crippen molar-refractivity contribution < 1.29 is 14.3 Å². The SMILES string of the molecule is COc1cc2nc[nH]c(=O)c2cc1N[C@@H]1[C@@H]2C[C@H]1CN(C(=O)OC(C)(C)C)C2. The highest BCUT2D eigenvalue weighted by Gasteiger charge is 2.48. The van der Waals surface area contributed by atoms with E-state index in [0.29, 0.717) is 41.6 Å². The van der Waals surface area contributed by atoms with E-state index in [1.54, 1.807) is 24.1 Å². The summed E-state index contributed by atoms with van der Waals surface area (Å²) in [5.74, 6) is 1.34. The van der Waals surface area contributed by atoms with Crippen LogP contribution in [0.3, 0.4) is 0 Å². The number of ether oxygens (including phenoxy) is 2. The summed E-state index contributed by atoms with van der Waals surface area (Å²) in [6.07, 6.45) is 2.22. The minimum atomic E-state index is -0.490. The maximum atomic E-state index is 12.3. The average Bonchev–Trinajstić information content (AvgIpc) is 2.64. The van der Waals surface area contributed by atoms with Gasteiger partial charge in [-0.1, -0.05) is 0 Å². The molecular weight excluding hydrogens is 360 g/mol. The lowest BCUT2D eigenvalue weighted by atomic mass is 9.66. The molecule has 2 N–H and O–H groups in total. The second-order valence-electron chi connectivity index (χ2n) is 8.61. The van der Waals surface area contributed by atoms with Gasteiger partial charge in [0.15, 0.2) is 0 Å². The predicted octanol–water partition coefficient (Wildman–Crippen LogP) is 2.60. The second-order valence-corrected chi connectivity index (χ2v) is 8.61. The molecule has 2 bridgehead atoms. The lowest BCUT2D eigenvalue weighted by Gasteiger charge is -2.53. The molecule has 3 atom stereocenters. The highest BCUT2D eigenvalue weighted by molar-refractivity contribution is 5.85. The molecule has 2 aromatic rings. The molecule has 4 rings (SSSR count). The molecule has 1 saturated heterocycles. The number of piperidine rings is 2. The number of nitrogens with one attached hydrogen (secondary N) is 2. The smallest absolute Gasteiger partial charge is 0.410 e. The van der Waals surface area contributed by atoms with Crippen molar-refractivity contribution in [1.82, 2.24) is 14.9 Å². The fourth-order valence-electron chi connectivity index (χ4n) is 4.16. The summed E-state index contributed by atoms with van der Waals surface area (Å²) in [5, 5.41) is 4.06. The normalized spacial score (nSPS) is 23.9. The van der Waals surface area contributed by atoms with E-state index in [0.717, 1.165) is 12.1 Å². The maximum Gasteiger partial charge on any atom is 0.410 e. The van der Waals surface area contributed by atoms with E-state index in [2.05, 4.69) is 15.3 Å². The molecule has 1 saturated carbocycles. The van der Waals surface area contributed by atoms with Gasteiger partial charge in [0.05, 0.1) is 30.0 Å². The molecule has 1 aliphatic heterocycles. The van der Waals surface area contributed by atoms with Crippen molar-refractivity contribution >= 4 is 22.7 Å². The van der Waals surface area contributed by atoms with Crippen molar-refractivity contribution in [2.75, 3.05) is 25.5 Å². The molecule has 1 aromatic carbocycles. The monoisotopic (exact) mass is 386 g/mol. The Morgan fingerprint density at radius 1 is 1.29 bits per heavy atom. The molecule has 2 fully saturated rings. The summed E-state index contributed by atoms with van der Waals surface area (Å²) in [6, 6.07) is 3.80. The number of benzene rings is 1. The van der Waals surface area contributed by atoms with Crippen LogP contribution in [0.15, 0.2) is 23.3 Å². The first-order valence-corrected chi connectivity index (χ1v) is 9.55. The fourth-order valence-corrected chi connectivity index (χ4v) is 4.16. The van der Waals surface area contributed by atoms with Gasteiger partial charge in [0.25, 0.3) is 5.56 Å². The molecule has 2 aliphatic rings. The first-order valence-electron chi connectivity index (χ1n) is 9.55. The Balaban J connectivity index is 1.50. The van der Waals surface area contributed by atoms with Crippen LogP contribution in [0, 0.1) is 11.8 Å². The van der Waals surface area contributed by atoms with Crippen molar-refractivity contribution in [2.24, 2.45) is 11.8 Å². The minimum absolute atomic E-state index is 0.180. The van der Waals surface area contributed by atoms with Gasteiger partial charge in [0, 0.05) is 25.2 Å². The predicted molar refractivity (Wildman–Crippen MR) is 106 cm³/mol. The molecule has 1 aromatic heterocycles. The van der Waals surface area contributed by atoms with Gasteiger partial charge in [-0.25, -0.2) is 9.78 Å². The fraction of sp³-hybridized carbons (Fsp3) is 0.550. The van der Waals surface area contributed by atoms with Gasteiger partial charge in [-0.05, 0) is 45.1 Å². The number of likely N-dealkylation sites (tertiary alicyclic amines) is 1. The van der Waals surface area contributed by atoms with Gasteiger partial charge in [0.1, 0.15) is 11.4 Å². The largest absolute Gasteiger partial charge is 0.495 e. The Kier molecular flexibility index (Phi) is 4.44. The topological polar surface area (TPSA) is 96.5 Å². The van der Waals surface area contributed by atoms with Crippen LogP contribution in [-0.2, 0) is 4.74 Å². The molecule has 28 heavy (non-hydrogen) atoms. The molecule has 8 heteroatoms. The average molecular weight is 386 g/mol. The Morgan fingerprint density at radius 3 is 2.64 bits per heavy atom. The summed E-state index contributed by atoms with van der Waals surface area (Å²) in [7, 11) is 1.60. The van der Waals surface area contributed by atoms with E-state index in [9.17, 15) is 9.59 Å². The molecule has 0 radical (unpaired) electrons. The van der Waals surface area contributed by atoms with Crippen LogP contribution in [0.1, 0.15) is 27.2 Å². The maximum absolute atomic E-state index is 12.3. The quantitative estimate of drug-likeness (QED) is 0.842. The first kappa shape index (κ1) is 18.6. The number of rotatable bonds is 3. The van der Waals surface area contributed by atoms with Crippen LogP contribution in [0.4, 0.5) is 10.5 Å². The Labute approximate surface area is 163 Å². The van der Waals surface area contributed by atoms with Crippen LogP contribution >= 0.6 is 0 Å². The first-order chi connectivity index (χ1) is 13.2. The van der Waals surface area contributed by atoms with Crippen molar-refractivity contribution in [3.8, 4) is 5.75 Å². The van der Waals surface area contributed by atoms with Gasteiger partial charge < -0.3 is 24.7 Å². The zero-order valence-electron chi connectivity index (χ0n) is 16.6. The lowest BCUT2D eigenvalue weighted by molar-refractivity contribution is -0.0223. The Bertz CT molecular complexity index is 953. The molecule has 0 unspecified atom stereocenters. The highest BCUT2D eigenvalue weighted by atomic mass is 16.6. The van der Waals surface area contributed by atoms with Crippen molar-refractivity contribution in [2.45, 2.75) is 38.8 Å². The Morgan fingerprint density at radius 2 is 2.00 bits per heavy atom. The van der Waals surface area contributed by atoms with Gasteiger partial charge in [-0.15, -0.1) is 0 Å². The number of carbonyl (C=O) groups excluding carboxylic acids is 1. The number of fused-ring (bicyclic) bond motifs is 3. The number of amides is 1. The van der Waals surface area contributed by atoms with Crippen molar-refractivity contribution in [1.29, 1.82) is 0 Å². The second kappa shape index (κ2) is 6.68. The number of hydrogen-bond acceptors (Lipinski definition) is 6. The molecular formula is C20H26N4O4. The number of anilines is 1. The van der Waals surface area contributed by atoms with Crippen molar-refractivity contribution in [3.05, 3.63) is 28.8 Å². The summed E-state index contributed by atoms with van der Waals surface area (Å²) >= 11 is 0. The summed E-state index contributed by atoms with van der Waals surface area (Å²) in [5.41, 5.74) is 0.700. The summed E-state index contributed by atoms with van der Waals surface area (Å²) in [6.45, 7) is 6.97. The molecule has 150 valence electrons. The van der Waals surface area contributed by atoms with Gasteiger partial charge in [0.2, 0.25) is 0 Å². The number of aromatic amines is 1. The number of aromatic nitrogens is 2. The van der Waals surface area contributed by atoms with E-state index in [4.69, 9.17) is 9.47 Å². The van der Waals surface area contributed by atoms with Gasteiger partial charge >= 0.3 is 6.09 Å². The summed E-state index contributed by atoms with van der Waals surface area (Å²) in [4.78, 5) is 33.1. The molecule has 1 amide bonds. The number of methoxy groups -OCH3 is 1. The van der Waals surface area contributed by atoms with E-state index in [1.807, 2.05) is 20.8 Å². The zero-order chi connectivity index (χ0) is 20.1. The van der Waals surface area contributed by atoms with Crippen LogP contribution in [0.2, 0.25) is 0 Å². The van der Waals surface area contributed by atoms with Gasteiger partial charge in [-0.3, -0.25) is 4.79 Å². The molecule has 0 spiro atoms. The van der Waals surface area contributed by atoms with E-state index < -0.39 is 5.60 Å². The third-order valence-electron chi connectivity index (χ3n) is 5.47. The highest BCUT2D eigenvalue weighted by Crippen LogP contribution is 2.43. The van der Waals surface area contributed by atoms with Crippen LogP contribution in [-0.4, -0.2) is 52.8 Å². The molecule has 1 aliphatic carbocycles. The third kappa shape index (κ3) is 3.39. The number of carbonyl (C=O) groups is 1. The van der Waals surface area contributed by atoms with E-state index in [-0.39, 0.29) is 17.7 Å². The van der Waals surface area contributed by atoms with Crippen LogP contribution < -0.4 is 15.6 Å². The zero-order valence-corrected chi connectivity index (χ0v) is 16.6. The Hall–Kier alpha value is -2.77. The standard InChI is InChI=1S/C20H26N4O4/c1-20(2,3)28-19(26)24-8-11-5-12(9-24)17(11)23-15-6-13-14(7-16(15)27-4)21-10-22-18(13)25/h6-7,10-12,17,23H,5,8-9H2,1-4H3,(H,21,22,25)/t11-,12+,17-. The van der Waals surface area contributed by atoms with E-state index in [1.165, 1.54) is 6.33 Å². The van der Waals surface area contributed by atoms with Crippen LogP contribution in [0.5, 0.6) is 5.75 Å². The number of hydrogen-bond donors (Lipinski definition) is 2. The third-order valence-corrected chi connectivity index (χ3v) is 5.47. The van der Waals surface area contributed by atoms with Crippen molar-refractivity contribution in [3.63, 3.8) is 0 Å². The molecule has 2 heterocycles. The van der Waals surface area contributed by atoms with Crippen LogP contribution in [0.25, 0.3) is 10.9 Å². The van der Waals surface area contributed by atoms with E-state index >= 15 is 0 Å². The number of H-pyrrole nitrogens is 1. The van der Waals surface area contributed by atoms with Gasteiger partial charge in [-0.2, -0.15) is 0 Å². The number of nitrogens with zero attached hydrogens (tertiary/aromatic N) is 2.